The third-order valence-corrected chi connectivity index (χ3v) is 2.13. The van der Waals surface area contributed by atoms with Gasteiger partial charge >= 0.3 is 5.63 Å². The fourth-order valence-corrected chi connectivity index (χ4v) is 1.48. The van der Waals surface area contributed by atoms with Crippen LogP contribution in [0.2, 0.25) is 0 Å². The van der Waals surface area contributed by atoms with E-state index in [4.69, 9.17) is 13.9 Å². The van der Waals surface area contributed by atoms with Crippen molar-refractivity contribution >= 4 is 11.0 Å². The van der Waals surface area contributed by atoms with Crippen LogP contribution < -0.4 is 15.1 Å². The van der Waals surface area contributed by atoms with Gasteiger partial charge in [-0.15, -0.1) is 0 Å². The molecule has 0 saturated carbocycles. The minimum absolute atomic E-state index is 0.0937. The number of hydrogen-bond acceptors (Lipinski definition) is 4. The van der Waals surface area contributed by atoms with Crippen molar-refractivity contribution in [2.75, 3.05) is 14.2 Å². The summed E-state index contributed by atoms with van der Waals surface area (Å²) in [6.45, 7) is 0. The Morgan fingerprint density at radius 2 is 1.73 bits per heavy atom. The van der Waals surface area contributed by atoms with Crippen molar-refractivity contribution in [1.82, 2.24) is 0 Å². The highest BCUT2D eigenvalue weighted by Crippen LogP contribution is 2.31. The number of benzene rings is 1. The lowest BCUT2D eigenvalue weighted by Crippen LogP contribution is -2.06. The van der Waals surface area contributed by atoms with E-state index in [-0.39, 0.29) is 5.75 Å². The van der Waals surface area contributed by atoms with Gasteiger partial charge in [0, 0.05) is 0 Å². The second-order valence-corrected chi connectivity index (χ2v) is 2.95. The van der Waals surface area contributed by atoms with Crippen molar-refractivity contribution in [3.8, 4) is 11.5 Å². The first-order valence-electron chi connectivity index (χ1n) is 4.41. The summed E-state index contributed by atoms with van der Waals surface area (Å²) < 4.78 is 15.2. The number of methoxy groups -OCH3 is 2. The Morgan fingerprint density at radius 1 is 1.07 bits per heavy atom. The summed E-state index contributed by atoms with van der Waals surface area (Å²) in [6, 6.07) is 7.14. The maximum absolute atomic E-state index is 11.5. The molecule has 0 aliphatic carbocycles. The van der Waals surface area contributed by atoms with Crippen molar-refractivity contribution in [2.45, 2.75) is 0 Å². The largest absolute Gasteiger partial charge is 0.492 e. The van der Waals surface area contributed by atoms with Gasteiger partial charge in [0.15, 0.2) is 5.75 Å². The van der Waals surface area contributed by atoms with Crippen molar-refractivity contribution in [3.05, 3.63) is 34.7 Å². The van der Waals surface area contributed by atoms with Crippen LogP contribution in [0.4, 0.5) is 0 Å². The molecule has 0 amide bonds. The van der Waals surface area contributed by atoms with Gasteiger partial charge in [0.1, 0.15) is 5.58 Å². The van der Waals surface area contributed by atoms with Gasteiger partial charge in [-0.3, -0.25) is 0 Å². The van der Waals surface area contributed by atoms with E-state index in [0.29, 0.717) is 11.3 Å². The van der Waals surface area contributed by atoms with Gasteiger partial charge in [-0.2, -0.15) is 0 Å². The van der Waals surface area contributed by atoms with E-state index in [2.05, 4.69) is 0 Å². The standard InChI is InChI=1S/C11H10O4/c1-13-9-7-5-3-4-6-8(7)15-11(12)10(9)14-2/h3-6H,1-2H3. The minimum Gasteiger partial charge on any atom is -0.492 e. The van der Waals surface area contributed by atoms with E-state index < -0.39 is 5.63 Å². The molecule has 4 nitrogen and oxygen atoms in total. The molecule has 0 bridgehead atoms. The molecular weight excluding hydrogens is 196 g/mol. The molecule has 0 fully saturated rings. The SMILES string of the molecule is COc1c(OC)c2ccccc2oc1=O. The number of para-hydroxylation sites is 1. The third-order valence-electron chi connectivity index (χ3n) is 2.13. The smallest absolute Gasteiger partial charge is 0.383 e. The zero-order chi connectivity index (χ0) is 10.8. The van der Waals surface area contributed by atoms with Crippen molar-refractivity contribution < 1.29 is 13.9 Å². The summed E-state index contributed by atoms with van der Waals surface area (Å²) in [6.07, 6.45) is 0. The summed E-state index contributed by atoms with van der Waals surface area (Å²) >= 11 is 0. The van der Waals surface area contributed by atoms with Crippen LogP contribution in [0.1, 0.15) is 0 Å². The average Bonchev–Trinajstić information content (AvgIpc) is 2.27. The Balaban J connectivity index is 2.91. The monoisotopic (exact) mass is 206 g/mol. The molecule has 0 saturated heterocycles. The van der Waals surface area contributed by atoms with E-state index in [1.54, 1.807) is 18.2 Å². The van der Waals surface area contributed by atoms with Crippen LogP contribution in [-0.4, -0.2) is 14.2 Å². The first-order valence-corrected chi connectivity index (χ1v) is 4.41. The molecule has 0 aliphatic rings. The van der Waals surface area contributed by atoms with Crippen molar-refractivity contribution in [3.63, 3.8) is 0 Å². The Hall–Kier alpha value is -1.97. The highest BCUT2D eigenvalue weighted by molar-refractivity contribution is 5.85. The predicted molar refractivity (Wildman–Crippen MR) is 55.6 cm³/mol. The van der Waals surface area contributed by atoms with Crippen LogP contribution in [0, 0.1) is 0 Å². The fourth-order valence-electron chi connectivity index (χ4n) is 1.48. The summed E-state index contributed by atoms with van der Waals surface area (Å²) in [4.78, 5) is 11.5. The van der Waals surface area contributed by atoms with Crippen LogP contribution in [-0.2, 0) is 0 Å². The lowest BCUT2D eigenvalue weighted by atomic mass is 10.2. The van der Waals surface area contributed by atoms with E-state index in [9.17, 15) is 4.79 Å². The van der Waals surface area contributed by atoms with E-state index in [1.807, 2.05) is 6.07 Å². The Kier molecular flexibility index (Phi) is 2.33. The first-order chi connectivity index (χ1) is 7.27. The zero-order valence-corrected chi connectivity index (χ0v) is 8.44. The Bertz CT molecular complexity index is 542. The average molecular weight is 206 g/mol. The highest BCUT2D eigenvalue weighted by atomic mass is 16.5. The minimum atomic E-state index is -0.534. The quantitative estimate of drug-likeness (QED) is 0.703. The molecule has 4 heteroatoms. The maximum atomic E-state index is 11.5. The summed E-state index contributed by atoms with van der Waals surface area (Å²) in [5.74, 6) is 0.501. The maximum Gasteiger partial charge on any atom is 0.383 e. The predicted octanol–water partition coefficient (Wildman–Crippen LogP) is 1.81. The molecule has 1 heterocycles. The van der Waals surface area contributed by atoms with Crippen LogP contribution >= 0.6 is 0 Å². The lowest BCUT2D eigenvalue weighted by molar-refractivity contribution is 0.338. The molecule has 2 aromatic rings. The second kappa shape index (κ2) is 3.65. The van der Waals surface area contributed by atoms with E-state index >= 15 is 0 Å². The molecule has 1 aromatic heterocycles. The third kappa shape index (κ3) is 1.44. The molecule has 0 spiro atoms. The molecule has 78 valence electrons. The van der Waals surface area contributed by atoms with Gasteiger partial charge in [0.25, 0.3) is 0 Å². The topological polar surface area (TPSA) is 48.7 Å². The fraction of sp³-hybridized carbons (Fsp3) is 0.182. The van der Waals surface area contributed by atoms with E-state index in [0.717, 1.165) is 5.39 Å². The van der Waals surface area contributed by atoms with Gasteiger partial charge < -0.3 is 13.9 Å². The van der Waals surface area contributed by atoms with Crippen LogP contribution in [0.5, 0.6) is 11.5 Å². The Morgan fingerprint density at radius 3 is 2.40 bits per heavy atom. The zero-order valence-electron chi connectivity index (χ0n) is 8.44. The summed E-state index contributed by atoms with van der Waals surface area (Å²) in [5.41, 5.74) is -0.0480. The number of rotatable bonds is 2. The molecule has 15 heavy (non-hydrogen) atoms. The number of ether oxygens (including phenoxy) is 2. The lowest BCUT2D eigenvalue weighted by Gasteiger charge is -2.07. The molecule has 1 aromatic carbocycles. The van der Waals surface area contributed by atoms with E-state index in [1.165, 1.54) is 14.2 Å². The molecule has 0 N–H and O–H groups in total. The van der Waals surface area contributed by atoms with Gasteiger partial charge in [0.05, 0.1) is 19.6 Å². The second-order valence-electron chi connectivity index (χ2n) is 2.95. The summed E-state index contributed by atoms with van der Waals surface area (Å²) in [5, 5.41) is 0.719. The molecule has 0 unspecified atom stereocenters. The number of hydrogen-bond donors (Lipinski definition) is 0. The van der Waals surface area contributed by atoms with Gasteiger partial charge in [-0.05, 0) is 12.1 Å². The van der Waals surface area contributed by atoms with Crippen LogP contribution in [0.25, 0.3) is 11.0 Å². The van der Waals surface area contributed by atoms with Crippen molar-refractivity contribution in [2.24, 2.45) is 0 Å². The highest BCUT2D eigenvalue weighted by Gasteiger charge is 2.14. The molecule has 0 aliphatic heterocycles. The van der Waals surface area contributed by atoms with Gasteiger partial charge in [-0.25, -0.2) is 4.79 Å². The Labute approximate surface area is 86.0 Å². The van der Waals surface area contributed by atoms with Gasteiger partial charge in [-0.1, -0.05) is 12.1 Å². The first kappa shape index (κ1) is 9.58. The normalized spacial score (nSPS) is 10.3. The number of fused-ring (bicyclic) bond motifs is 1. The van der Waals surface area contributed by atoms with Gasteiger partial charge in [0.2, 0.25) is 5.75 Å². The summed E-state index contributed by atoms with van der Waals surface area (Å²) in [7, 11) is 2.90. The molecule has 0 radical (unpaired) electrons. The van der Waals surface area contributed by atoms with Crippen LogP contribution in [0.3, 0.4) is 0 Å². The molecule has 2 rings (SSSR count). The van der Waals surface area contributed by atoms with Crippen LogP contribution in [0.15, 0.2) is 33.5 Å². The van der Waals surface area contributed by atoms with Crippen molar-refractivity contribution in [1.29, 1.82) is 0 Å². The molecule has 0 atom stereocenters. The molecular formula is C11H10O4.